The molecule has 0 unspecified atom stereocenters. The van der Waals surface area contributed by atoms with Gasteiger partial charge in [-0.25, -0.2) is 0 Å². The average Bonchev–Trinajstić information content (AvgIpc) is 2.53. The van der Waals surface area contributed by atoms with Crippen molar-refractivity contribution in [1.29, 1.82) is 0 Å². The Hall–Kier alpha value is -1.10. The first-order valence-electron chi connectivity index (χ1n) is 7.86. The summed E-state index contributed by atoms with van der Waals surface area (Å²) >= 11 is 0. The fourth-order valence-corrected chi connectivity index (χ4v) is 2.07. The molecule has 0 radical (unpaired) electrons. The molecule has 120 valence electrons. The molecule has 1 aromatic rings. The van der Waals surface area contributed by atoms with Crippen molar-refractivity contribution >= 4 is 0 Å². The van der Waals surface area contributed by atoms with E-state index in [2.05, 4.69) is 6.92 Å². The number of hydrogen-bond acceptors (Lipinski definition) is 4. The van der Waals surface area contributed by atoms with Gasteiger partial charge in [0.1, 0.15) is 5.75 Å². The van der Waals surface area contributed by atoms with Gasteiger partial charge in [0.2, 0.25) is 0 Å². The highest BCUT2D eigenvalue weighted by Gasteiger charge is 2.22. The Morgan fingerprint density at radius 3 is 2.29 bits per heavy atom. The molecule has 0 saturated carbocycles. The Labute approximate surface area is 127 Å². The van der Waals surface area contributed by atoms with Gasteiger partial charge in [-0.15, -0.1) is 0 Å². The predicted octanol–water partition coefficient (Wildman–Crippen LogP) is 2.26. The standard InChI is InChI=1S/C17H29NO3/c1-2-3-4-5-12-21-16-8-6-15(7-9-16)10-11-17(18,13-19)14-20/h6-9,19-20H,2-5,10-14,18H2,1H3. The molecule has 0 aliphatic heterocycles. The highest BCUT2D eigenvalue weighted by molar-refractivity contribution is 5.27. The van der Waals surface area contributed by atoms with Crippen molar-refractivity contribution < 1.29 is 14.9 Å². The number of aliphatic hydroxyl groups excluding tert-OH is 2. The fraction of sp³-hybridized carbons (Fsp3) is 0.647. The number of unbranched alkanes of at least 4 members (excludes halogenated alkanes) is 3. The van der Waals surface area contributed by atoms with Crippen LogP contribution in [0.4, 0.5) is 0 Å². The summed E-state index contributed by atoms with van der Waals surface area (Å²) in [7, 11) is 0. The highest BCUT2D eigenvalue weighted by Crippen LogP contribution is 2.16. The molecule has 0 amide bonds. The molecular formula is C17H29NO3. The lowest BCUT2D eigenvalue weighted by molar-refractivity contribution is 0.115. The third-order valence-corrected chi connectivity index (χ3v) is 3.73. The summed E-state index contributed by atoms with van der Waals surface area (Å²) < 4.78 is 5.69. The minimum atomic E-state index is -0.894. The normalized spacial score (nSPS) is 11.6. The van der Waals surface area contributed by atoms with Gasteiger partial charge < -0.3 is 20.7 Å². The van der Waals surface area contributed by atoms with Crippen LogP contribution in [-0.2, 0) is 6.42 Å². The molecule has 21 heavy (non-hydrogen) atoms. The maximum absolute atomic E-state index is 9.16. The molecule has 0 atom stereocenters. The van der Waals surface area contributed by atoms with Gasteiger partial charge in [0.15, 0.2) is 0 Å². The van der Waals surface area contributed by atoms with Crippen LogP contribution in [0.25, 0.3) is 0 Å². The van der Waals surface area contributed by atoms with Crippen LogP contribution in [0.5, 0.6) is 5.75 Å². The van der Waals surface area contributed by atoms with Crippen molar-refractivity contribution in [1.82, 2.24) is 0 Å². The summed E-state index contributed by atoms with van der Waals surface area (Å²) in [6, 6.07) is 7.95. The van der Waals surface area contributed by atoms with Gasteiger partial charge in [-0.1, -0.05) is 38.3 Å². The molecular weight excluding hydrogens is 266 g/mol. The quantitative estimate of drug-likeness (QED) is 0.547. The van der Waals surface area contributed by atoms with Crippen molar-refractivity contribution in [2.45, 2.75) is 51.0 Å². The van der Waals surface area contributed by atoms with E-state index in [9.17, 15) is 0 Å². The summed E-state index contributed by atoms with van der Waals surface area (Å²) in [5.41, 5.74) is 6.09. The van der Waals surface area contributed by atoms with Crippen LogP contribution >= 0.6 is 0 Å². The van der Waals surface area contributed by atoms with Crippen LogP contribution in [0, 0.1) is 0 Å². The van der Waals surface area contributed by atoms with Crippen molar-refractivity contribution in [3.05, 3.63) is 29.8 Å². The van der Waals surface area contributed by atoms with Crippen LogP contribution in [0.1, 0.15) is 44.6 Å². The Morgan fingerprint density at radius 1 is 1.05 bits per heavy atom. The Morgan fingerprint density at radius 2 is 1.71 bits per heavy atom. The molecule has 0 fully saturated rings. The van der Waals surface area contributed by atoms with Gasteiger partial charge in [-0.2, -0.15) is 0 Å². The average molecular weight is 295 g/mol. The smallest absolute Gasteiger partial charge is 0.119 e. The van der Waals surface area contributed by atoms with Crippen molar-refractivity contribution in [3.63, 3.8) is 0 Å². The van der Waals surface area contributed by atoms with Crippen LogP contribution < -0.4 is 10.5 Å². The molecule has 0 heterocycles. The second-order valence-corrected chi connectivity index (χ2v) is 5.73. The minimum Gasteiger partial charge on any atom is -0.494 e. The second-order valence-electron chi connectivity index (χ2n) is 5.73. The van der Waals surface area contributed by atoms with E-state index in [1.54, 1.807) is 0 Å². The zero-order valence-corrected chi connectivity index (χ0v) is 13.1. The Kier molecular flexibility index (Phi) is 8.35. The van der Waals surface area contributed by atoms with Gasteiger partial charge in [-0.3, -0.25) is 0 Å². The summed E-state index contributed by atoms with van der Waals surface area (Å²) in [5.74, 6) is 0.888. The van der Waals surface area contributed by atoms with Crippen LogP contribution in [0.15, 0.2) is 24.3 Å². The molecule has 0 aliphatic carbocycles. The lowest BCUT2D eigenvalue weighted by Gasteiger charge is -2.24. The minimum absolute atomic E-state index is 0.206. The van der Waals surface area contributed by atoms with Crippen molar-refractivity contribution in [2.24, 2.45) is 5.73 Å². The topological polar surface area (TPSA) is 75.7 Å². The van der Waals surface area contributed by atoms with E-state index >= 15 is 0 Å². The number of rotatable bonds is 11. The molecule has 0 aliphatic rings. The monoisotopic (exact) mass is 295 g/mol. The number of benzene rings is 1. The number of aryl methyl sites for hydroxylation is 1. The molecule has 0 saturated heterocycles. The van der Waals surface area contributed by atoms with E-state index in [0.717, 1.165) is 30.8 Å². The van der Waals surface area contributed by atoms with Crippen molar-refractivity contribution in [3.8, 4) is 5.75 Å². The first-order valence-corrected chi connectivity index (χ1v) is 7.86. The number of ether oxygens (including phenoxy) is 1. The van der Waals surface area contributed by atoms with E-state index in [1.807, 2.05) is 24.3 Å². The van der Waals surface area contributed by atoms with E-state index in [1.165, 1.54) is 19.3 Å². The number of hydrogen-bond donors (Lipinski definition) is 3. The van der Waals surface area contributed by atoms with E-state index in [0.29, 0.717) is 6.42 Å². The van der Waals surface area contributed by atoms with Gasteiger partial charge in [-0.05, 0) is 37.0 Å². The third kappa shape index (κ3) is 6.93. The molecule has 0 spiro atoms. The van der Waals surface area contributed by atoms with E-state index < -0.39 is 5.54 Å². The molecule has 4 heteroatoms. The maximum Gasteiger partial charge on any atom is 0.119 e. The van der Waals surface area contributed by atoms with Gasteiger partial charge >= 0.3 is 0 Å². The summed E-state index contributed by atoms with van der Waals surface area (Å²) in [6.45, 7) is 2.55. The first-order chi connectivity index (χ1) is 10.1. The highest BCUT2D eigenvalue weighted by atomic mass is 16.5. The SMILES string of the molecule is CCCCCCOc1ccc(CCC(N)(CO)CO)cc1. The summed E-state index contributed by atoms with van der Waals surface area (Å²) in [5, 5.41) is 18.3. The molecule has 1 rings (SSSR count). The number of nitrogens with two attached hydrogens (primary N) is 1. The second kappa shape index (κ2) is 9.77. The molecule has 1 aromatic carbocycles. The zero-order valence-electron chi connectivity index (χ0n) is 13.1. The molecule has 0 bridgehead atoms. The van der Waals surface area contributed by atoms with Gasteiger partial charge in [0, 0.05) is 0 Å². The van der Waals surface area contributed by atoms with E-state index in [4.69, 9.17) is 20.7 Å². The lowest BCUT2D eigenvalue weighted by Crippen LogP contribution is -2.47. The van der Waals surface area contributed by atoms with Crippen LogP contribution in [-0.4, -0.2) is 35.6 Å². The first kappa shape index (κ1) is 18.0. The summed E-state index contributed by atoms with van der Waals surface area (Å²) in [6.07, 6.45) is 6.09. The van der Waals surface area contributed by atoms with Crippen molar-refractivity contribution in [2.75, 3.05) is 19.8 Å². The fourth-order valence-electron chi connectivity index (χ4n) is 2.07. The number of aliphatic hydroxyl groups is 2. The predicted molar refractivity (Wildman–Crippen MR) is 85.5 cm³/mol. The lowest BCUT2D eigenvalue weighted by atomic mass is 9.94. The molecule has 4 N–H and O–H groups in total. The molecule has 4 nitrogen and oxygen atoms in total. The van der Waals surface area contributed by atoms with Crippen LogP contribution in [0.2, 0.25) is 0 Å². The van der Waals surface area contributed by atoms with E-state index in [-0.39, 0.29) is 13.2 Å². The largest absolute Gasteiger partial charge is 0.494 e. The third-order valence-electron chi connectivity index (χ3n) is 3.73. The zero-order chi connectivity index (χ0) is 15.6. The van der Waals surface area contributed by atoms with Crippen LogP contribution in [0.3, 0.4) is 0 Å². The van der Waals surface area contributed by atoms with Gasteiger partial charge in [0.05, 0.1) is 25.4 Å². The van der Waals surface area contributed by atoms with Gasteiger partial charge in [0.25, 0.3) is 0 Å². The maximum atomic E-state index is 9.16. The molecule has 0 aromatic heterocycles. The summed E-state index contributed by atoms with van der Waals surface area (Å²) in [4.78, 5) is 0. The Balaban J connectivity index is 2.33. The Bertz CT molecular complexity index is 374.